The average Bonchev–Trinajstić information content (AvgIpc) is 3.19. The zero-order chi connectivity index (χ0) is 20.8. The van der Waals surface area contributed by atoms with E-state index in [1.54, 1.807) is 24.3 Å². The number of halogens is 1. The Bertz CT molecular complexity index is 926. The SMILES string of the molecule is Nc1cc(F)ccc1C(=O)OCC(=O)Nc1ccccc1C(=O)NC1CCCC1. The van der Waals surface area contributed by atoms with Gasteiger partial charge in [-0.3, -0.25) is 9.59 Å². The summed E-state index contributed by atoms with van der Waals surface area (Å²) in [4.78, 5) is 36.8. The standard InChI is InChI=1S/C21H22FN3O4/c22-13-9-10-15(17(23)11-13)21(28)29-12-19(26)25-18-8-4-3-7-16(18)20(27)24-14-5-1-2-6-14/h3-4,7-11,14H,1-2,5-6,12,23H2,(H,24,27)(H,25,26). The van der Waals surface area contributed by atoms with Gasteiger partial charge in [-0.1, -0.05) is 25.0 Å². The van der Waals surface area contributed by atoms with Crippen LogP contribution in [0.15, 0.2) is 42.5 Å². The third kappa shape index (κ3) is 5.31. The second-order valence-electron chi connectivity index (χ2n) is 6.86. The largest absolute Gasteiger partial charge is 0.452 e. The van der Waals surface area contributed by atoms with Gasteiger partial charge < -0.3 is 21.1 Å². The molecule has 0 atom stereocenters. The van der Waals surface area contributed by atoms with Gasteiger partial charge in [0.05, 0.1) is 16.8 Å². The van der Waals surface area contributed by atoms with Crippen molar-refractivity contribution in [3.63, 3.8) is 0 Å². The Hall–Kier alpha value is -3.42. The molecule has 0 aromatic heterocycles. The van der Waals surface area contributed by atoms with E-state index in [4.69, 9.17) is 10.5 Å². The fraction of sp³-hybridized carbons (Fsp3) is 0.286. The topological polar surface area (TPSA) is 111 Å². The van der Waals surface area contributed by atoms with Crippen LogP contribution in [0.1, 0.15) is 46.4 Å². The average molecular weight is 399 g/mol. The Morgan fingerprint density at radius 3 is 2.52 bits per heavy atom. The van der Waals surface area contributed by atoms with Crippen molar-refractivity contribution in [1.29, 1.82) is 0 Å². The lowest BCUT2D eigenvalue weighted by molar-refractivity contribution is -0.119. The Morgan fingerprint density at radius 1 is 1.07 bits per heavy atom. The van der Waals surface area contributed by atoms with Gasteiger partial charge >= 0.3 is 5.97 Å². The molecule has 0 spiro atoms. The second kappa shape index (κ2) is 9.18. The predicted octanol–water partition coefficient (Wildman–Crippen LogP) is 2.88. The minimum atomic E-state index is -0.843. The smallest absolute Gasteiger partial charge is 0.340 e. The number of esters is 1. The van der Waals surface area contributed by atoms with E-state index in [-0.39, 0.29) is 23.2 Å². The third-order valence-corrected chi connectivity index (χ3v) is 4.70. The van der Waals surface area contributed by atoms with Gasteiger partial charge in [0.25, 0.3) is 11.8 Å². The monoisotopic (exact) mass is 399 g/mol. The second-order valence-corrected chi connectivity index (χ2v) is 6.86. The van der Waals surface area contributed by atoms with Crippen molar-refractivity contribution in [3.05, 3.63) is 59.4 Å². The molecular weight excluding hydrogens is 377 g/mol. The lowest BCUT2D eigenvalue weighted by Gasteiger charge is -2.15. The van der Waals surface area contributed by atoms with Crippen LogP contribution in [0, 0.1) is 5.82 Å². The molecule has 0 heterocycles. The zero-order valence-electron chi connectivity index (χ0n) is 15.7. The van der Waals surface area contributed by atoms with Crippen LogP contribution in [0.3, 0.4) is 0 Å². The Morgan fingerprint density at radius 2 is 1.79 bits per heavy atom. The van der Waals surface area contributed by atoms with Gasteiger partial charge in [-0.2, -0.15) is 0 Å². The Balaban J connectivity index is 1.59. The van der Waals surface area contributed by atoms with Crippen molar-refractivity contribution in [3.8, 4) is 0 Å². The Labute approximate surface area is 167 Å². The van der Waals surface area contributed by atoms with Crippen molar-refractivity contribution in [1.82, 2.24) is 5.32 Å². The van der Waals surface area contributed by atoms with Gasteiger partial charge in [-0.05, 0) is 43.2 Å². The number of ether oxygens (including phenoxy) is 1. The molecule has 2 amide bonds. The number of nitrogen functional groups attached to an aromatic ring is 1. The van der Waals surface area contributed by atoms with E-state index in [1.807, 2.05) is 0 Å². The number of hydrogen-bond donors (Lipinski definition) is 3. The highest BCUT2D eigenvalue weighted by molar-refractivity contribution is 6.04. The van der Waals surface area contributed by atoms with Crippen LogP contribution in [-0.4, -0.2) is 30.4 Å². The molecular formula is C21H22FN3O4. The highest BCUT2D eigenvalue weighted by atomic mass is 19.1. The highest BCUT2D eigenvalue weighted by Crippen LogP contribution is 2.20. The van der Waals surface area contributed by atoms with Crippen LogP contribution in [0.2, 0.25) is 0 Å². The maximum atomic E-state index is 13.1. The van der Waals surface area contributed by atoms with Crippen LogP contribution < -0.4 is 16.4 Å². The summed E-state index contributed by atoms with van der Waals surface area (Å²) in [6, 6.07) is 10.0. The van der Waals surface area contributed by atoms with Crippen molar-refractivity contribution in [2.24, 2.45) is 0 Å². The van der Waals surface area contributed by atoms with E-state index in [2.05, 4.69) is 10.6 Å². The van der Waals surface area contributed by atoms with Crippen LogP contribution >= 0.6 is 0 Å². The molecule has 8 heteroatoms. The fourth-order valence-corrected chi connectivity index (χ4v) is 3.24. The van der Waals surface area contributed by atoms with Gasteiger partial charge in [0, 0.05) is 11.7 Å². The van der Waals surface area contributed by atoms with E-state index in [0.717, 1.165) is 37.8 Å². The van der Waals surface area contributed by atoms with Crippen LogP contribution in [-0.2, 0) is 9.53 Å². The first-order valence-corrected chi connectivity index (χ1v) is 9.36. The molecule has 3 rings (SSSR count). The predicted molar refractivity (Wildman–Crippen MR) is 106 cm³/mol. The first-order chi connectivity index (χ1) is 13.9. The Kier molecular flexibility index (Phi) is 6.43. The highest BCUT2D eigenvalue weighted by Gasteiger charge is 2.20. The maximum absolute atomic E-state index is 13.1. The molecule has 2 aromatic carbocycles. The molecule has 2 aromatic rings. The molecule has 7 nitrogen and oxygen atoms in total. The number of hydrogen-bond acceptors (Lipinski definition) is 5. The number of rotatable bonds is 6. The van der Waals surface area contributed by atoms with Crippen LogP contribution in [0.25, 0.3) is 0 Å². The first kappa shape index (κ1) is 20.3. The molecule has 0 aliphatic heterocycles. The molecule has 0 bridgehead atoms. The number of nitrogens with two attached hydrogens (primary N) is 1. The van der Waals surface area contributed by atoms with Crippen molar-refractivity contribution < 1.29 is 23.5 Å². The summed E-state index contributed by atoms with van der Waals surface area (Å²) in [5, 5.41) is 5.55. The molecule has 1 aliphatic carbocycles. The number of anilines is 2. The molecule has 4 N–H and O–H groups in total. The number of para-hydroxylation sites is 1. The van der Waals surface area contributed by atoms with Gasteiger partial charge in [-0.25, -0.2) is 9.18 Å². The van der Waals surface area contributed by atoms with Gasteiger partial charge in [0.15, 0.2) is 6.61 Å². The number of carbonyl (C=O) groups is 3. The normalized spacial score (nSPS) is 13.7. The minimum Gasteiger partial charge on any atom is -0.452 e. The van der Waals surface area contributed by atoms with Gasteiger partial charge in [0.2, 0.25) is 0 Å². The number of nitrogens with one attached hydrogen (secondary N) is 2. The fourth-order valence-electron chi connectivity index (χ4n) is 3.24. The number of carbonyl (C=O) groups excluding carboxylic acids is 3. The lowest BCUT2D eigenvalue weighted by atomic mass is 10.1. The summed E-state index contributed by atoms with van der Waals surface area (Å²) in [6.45, 7) is -0.575. The van der Waals surface area contributed by atoms with Crippen molar-refractivity contribution >= 4 is 29.2 Å². The number of amides is 2. The van der Waals surface area contributed by atoms with Gasteiger partial charge in [-0.15, -0.1) is 0 Å². The van der Waals surface area contributed by atoms with E-state index in [1.165, 1.54) is 6.07 Å². The molecule has 1 aliphatic rings. The van der Waals surface area contributed by atoms with E-state index >= 15 is 0 Å². The summed E-state index contributed by atoms with van der Waals surface area (Å²) in [5.74, 6) is -2.29. The lowest BCUT2D eigenvalue weighted by Crippen LogP contribution is -2.33. The molecule has 0 radical (unpaired) electrons. The van der Waals surface area contributed by atoms with Gasteiger partial charge in [0.1, 0.15) is 5.82 Å². The quantitative estimate of drug-likeness (QED) is 0.511. The number of benzene rings is 2. The van der Waals surface area contributed by atoms with Crippen molar-refractivity contribution in [2.75, 3.05) is 17.7 Å². The molecule has 0 unspecified atom stereocenters. The van der Waals surface area contributed by atoms with Crippen LogP contribution in [0.4, 0.5) is 15.8 Å². The van der Waals surface area contributed by atoms with E-state index < -0.39 is 24.3 Å². The molecule has 29 heavy (non-hydrogen) atoms. The first-order valence-electron chi connectivity index (χ1n) is 9.36. The minimum absolute atomic E-state index is 0.0319. The summed E-state index contributed by atoms with van der Waals surface area (Å²) in [5.41, 5.74) is 6.13. The zero-order valence-corrected chi connectivity index (χ0v) is 15.7. The van der Waals surface area contributed by atoms with Crippen LogP contribution in [0.5, 0.6) is 0 Å². The molecule has 1 fully saturated rings. The van der Waals surface area contributed by atoms with E-state index in [9.17, 15) is 18.8 Å². The maximum Gasteiger partial charge on any atom is 0.340 e. The third-order valence-electron chi connectivity index (χ3n) is 4.70. The summed E-state index contributed by atoms with van der Waals surface area (Å²) in [7, 11) is 0. The molecule has 152 valence electrons. The summed E-state index contributed by atoms with van der Waals surface area (Å²) < 4.78 is 18.0. The van der Waals surface area contributed by atoms with Crippen molar-refractivity contribution in [2.45, 2.75) is 31.7 Å². The summed E-state index contributed by atoms with van der Waals surface area (Å²) in [6.07, 6.45) is 4.08. The molecule has 0 saturated heterocycles. The molecule has 1 saturated carbocycles. The summed E-state index contributed by atoms with van der Waals surface area (Å²) >= 11 is 0. The van der Waals surface area contributed by atoms with E-state index in [0.29, 0.717) is 11.3 Å².